The van der Waals surface area contributed by atoms with Gasteiger partial charge in [-0.1, -0.05) is 12.1 Å². The highest BCUT2D eigenvalue weighted by Gasteiger charge is 2.36. The van der Waals surface area contributed by atoms with Crippen molar-refractivity contribution in [2.45, 2.75) is 23.5 Å². The normalized spacial score (nSPS) is 18.9. The summed E-state index contributed by atoms with van der Waals surface area (Å²) in [7, 11) is -3.37. The van der Waals surface area contributed by atoms with Crippen LogP contribution in [0.4, 0.5) is 13.2 Å². The lowest BCUT2D eigenvalue weighted by Gasteiger charge is -2.13. The van der Waals surface area contributed by atoms with Gasteiger partial charge < -0.3 is 4.74 Å². The summed E-state index contributed by atoms with van der Waals surface area (Å²) in [5.41, 5.74) is -0.216. The van der Waals surface area contributed by atoms with E-state index in [0.717, 1.165) is 12.3 Å². The molecule has 1 fully saturated rings. The van der Waals surface area contributed by atoms with Crippen LogP contribution in [0.3, 0.4) is 0 Å². The van der Waals surface area contributed by atoms with Gasteiger partial charge in [0.15, 0.2) is 15.5 Å². The Morgan fingerprint density at radius 1 is 1.25 bits per heavy atom. The van der Waals surface area contributed by atoms with Crippen molar-refractivity contribution in [3.05, 3.63) is 36.0 Å². The van der Waals surface area contributed by atoms with Crippen molar-refractivity contribution in [1.29, 1.82) is 0 Å². The first-order valence-electron chi connectivity index (χ1n) is 7.21. The zero-order valence-corrected chi connectivity index (χ0v) is 13.6. The topological polar surface area (TPSA) is 61.2 Å². The molecule has 1 atom stereocenters. The zero-order valence-electron chi connectivity index (χ0n) is 12.7. The van der Waals surface area contributed by atoms with Gasteiger partial charge in [-0.25, -0.2) is 8.42 Å². The van der Waals surface area contributed by atoms with Crippen LogP contribution in [-0.2, 0) is 20.8 Å². The highest BCUT2D eigenvalue weighted by atomic mass is 32.2. The number of benzene rings is 1. The predicted octanol–water partition coefficient (Wildman–Crippen LogP) is 2.93. The van der Waals surface area contributed by atoms with Gasteiger partial charge in [0.2, 0.25) is 0 Å². The average Bonchev–Trinajstić information content (AvgIpc) is 3.15. The second-order valence-corrected chi connectivity index (χ2v) is 7.69. The molecule has 2 aromatic rings. The van der Waals surface area contributed by atoms with Gasteiger partial charge in [0.05, 0.1) is 23.2 Å². The summed E-state index contributed by atoms with van der Waals surface area (Å²) in [6.07, 6.45) is -2.90. The first-order valence-corrected chi connectivity index (χ1v) is 9.10. The molecule has 1 saturated heterocycles. The Bertz CT molecular complexity index is 836. The monoisotopic (exact) mass is 360 g/mol. The molecule has 0 amide bonds. The molecule has 130 valence electrons. The molecule has 24 heavy (non-hydrogen) atoms. The van der Waals surface area contributed by atoms with Crippen LogP contribution in [0.15, 0.2) is 35.2 Å². The molecule has 0 bridgehead atoms. The van der Waals surface area contributed by atoms with Crippen molar-refractivity contribution in [2.75, 3.05) is 19.5 Å². The fraction of sp³-hybridized carbons (Fsp3) is 0.400. The molecule has 1 aliphatic heterocycles. The van der Waals surface area contributed by atoms with Crippen LogP contribution in [0.2, 0.25) is 0 Å². The molecule has 0 spiro atoms. The number of halogens is 3. The number of hydrogen-bond donors (Lipinski definition) is 0. The lowest BCUT2D eigenvalue weighted by atomic mass is 10.1. The first kappa shape index (κ1) is 17.0. The summed E-state index contributed by atoms with van der Waals surface area (Å²) in [5, 5.41) is 3.70. The molecule has 2 heterocycles. The maximum absolute atomic E-state index is 13.0. The van der Waals surface area contributed by atoms with Crippen molar-refractivity contribution < 1.29 is 26.3 Å². The van der Waals surface area contributed by atoms with Crippen molar-refractivity contribution in [3.8, 4) is 11.3 Å². The summed E-state index contributed by atoms with van der Waals surface area (Å²) in [6, 6.07) is 6.43. The van der Waals surface area contributed by atoms with E-state index in [9.17, 15) is 21.6 Å². The number of nitrogens with zero attached hydrogens (tertiary/aromatic N) is 2. The molecule has 0 aliphatic carbocycles. The second kappa shape index (κ2) is 5.89. The van der Waals surface area contributed by atoms with Crippen LogP contribution in [0.1, 0.15) is 18.2 Å². The lowest BCUT2D eigenvalue weighted by Crippen LogP contribution is -2.14. The quantitative estimate of drug-likeness (QED) is 0.844. The Morgan fingerprint density at radius 3 is 2.42 bits per heavy atom. The molecule has 1 aliphatic rings. The summed E-state index contributed by atoms with van der Waals surface area (Å²) in [6.45, 7) is 0.770. The van der Waals surface area contributed by atoms with Crippen molar-refractivity contribution >= 4 is 9.84 Å². The maximum Gasteiger partial charge on any atom is 0.435 e. The Kier molecular flexibility index (Phi) is 4.16. The van der Waals surface area contributed by atoms with Crippen LogP contribution in [0.25, 0.3) is 11.3 Å². The summed E-state index contributed by atoms with van der Waals surface area (Å²) in [5.74, 6) is 0. The van der Waals surface area contributed by atoms with Crippen molar-refractivity contribution in [1.82, 2.24) is 9.78 Å². The fourth-order valence-electron chi connectivity index (χ4n) is 2.61. The Hall–Kier alpha value is -1.87. The van der Waals surface area contributed by atoms with E-state index in [0.29, 0.717) is 25.2 Å². The standard InChI is InChI=1S/C15H15F3N2O3S/c1-24(21,22)12-4-2-10(3-5-12)13-8-14(15(16,17)18)19-20(13)11-6-7-23-9-11/h2-5,8,11H,6-7,9H2,1H3. The summed E-state index contributed by atoms with van der Waals surface area (Å²) < 4.78 is 68.6. The van der Waals surface area contributed by atoms with E-state index in [1.54, 1.807) is 0 Å². The Labute approximate surface area is 137 Å². The number of sulfone groups is 1. The minimum atomic E-state index is -4.55. The third-order valence-electron chi connectivity index (χ3n) is 3.86. The van der Waals surface area contributed by atoms with Gasteiger partial charge >= 0.3 is 6.18 Å². The Morgan fingerprint density at radius 2 is 1.92 bits per heavy atom. The molecule has 1 aromatic carbocycles. The number of ether oxygens (including phenoxy) is 1. The van der Waals surface area contributed by atoms with E-state index in [1.165, 1.54) is 28.9 Å². The molecule has 3 rings (SSSR count). The van der Waals surface area contributed by atoms with Gasteiger partial charge in [-0.05, 0) is 30.2 Å². The number of alkyl halides is 3. The molecule has 9 heteroatoms. The molecule has 0 saturated carbocycles. The van der Waals surface area contributed by atoms with Crippen LogP contribution >= 0.6 is 0 Å². The van der Waals surface area contributed by atoms with E-state index < -0.39 is 21.7 Å². The average molecular weight is 360 g/mol. The Balaban J connectivity index is 2.07. The highest BCUT2D eigenvalue weighted by Crippen LogP contribution is 2.34. The van der Waals surface area contributed by atoms with Gasteiger partial charge in [-0.2, -0.15) is 18.3 Å². The van der Waals surface area contributed by atoms with E-state index >= 15 is 0 Å². The molecule has 5 nitrogen and oxygen atoms in total. The number of hydrogen-bond acceptors (Lipinski definition) is 4. The van der Waals surface area contributed by atoms with Crippen LogP contribution in [-0.4, -0.2) is 37.7 Å². The highest BCUT2D eigenvalue weighted by molar-refractivity contribution is 7.90. The fourth-order valence-corrected chi connectivity index (χ4v) is 3.25. The van der Waals surface area contributed by atoms with Gasteiger partial charge in [0.25, 0.3) is 0 Å². The minimum absolute atomic E-state index is 0.109. The van der Waals surface area contributed by atoms with Crippen LogP contribution in [0.5, 0.6) is 0 Å². The lowest BCUT2D eigenvalue weighted by molar-refractivity contribution is -0.141. The molecular weight excluding hydrogens is 345 g/mol. The van der Waals surface area contributed by atoms with Gasteiger partial charge in [-0.15, -0.1) is 0 Å². The van der Waals surface area contributed by atoms with Crippen LogP contribution < -0.4 is 0 Å². The minimum Gasteiger partial charge on any atom is -0.379 e. The van der Waals surface area contributed by atoms with Crippen molar-refractivity contribution in [2.24, 2.45) is 0 Å². The second-order valence-electron chi connectivity index (χ2n) is 5.67. The summed E-state index contributed by atoms with van der Waals surface area (Å²) >= 11 is 0. The number of aromatic nitrogens is 2. The smallest absolute Gasteiger partial charge is 0.379 e. The molecular formula is C15H15F3N2O3S. The third kappa shape index (κ3) is 3.32. The van der Waals surface area contributed by atoms with E-state index in [4.69, 9.17) is 4.74 Å². The molecule has 1 aromatic heterocycles. The SMILES string of the molecule is CS(=O)(=O)c1ccc(-c2cc(C(F)(F)F)nn2C2CCOC2)cc1. The predicted molar refractivity (Wildman–Crippen MR) is 80.2 cm³/mol. The maximum atomic E-state index is 13.0. The van der Waals surface area contributed by atoms with Gasteiger partial charge in [0.1, 0.15) is 0 Å². The van der Waals surface area contributed by atoms with E-state index in [2.05, 4.69) is 5.10 Å². The molecule has 0 N–H and O–H groups in total. The summed E-state index contributed by atoms with van der Waals surface area (Å²) in [4.78, 5) is 0.109. The van der Waals surface area contributed by atoms with Crippen LogP contribution in [0, 0.1) is 0 Å². The van der Waals surface area contributed by atoms with Gasteiger partial charge in [-0.3, -0.25) is 4.68 Å². The van der Waals surface area contributed by atoms with E-state index in [1.807, 2.05) is 0 Å². The first-order chi connectivity index (χ1) is 11.2. The zero-order chi connectivity index (χ0) is 17.5. The molecule has 0 radical (unpaired) electrons. The number of rotatable bonds is 3. The van der Waals surface area contributed by atoms with Crippen molar-refractivity contribution in [3.63, 3.8) is 0 Å². The van der Waals surface area contributed by atoms with E-state index in [-0.39, 0.29) is 16.6 Å². The third-order valence-corrected chi connectivity index (χ3v) is 4.98. The van der Waals surface area contributed by atoms with Gasteiger partial charge in [0, 0.05) is 12.9 Å². The molecule has 1 unspecified atom stereocenters. The largest absolute Gasteiger partial charge is 0.435 e.